The van der Waals surface area contributed by atoms with Crippen molar-refractivity contribution in [3.05, 3.63) is 42.5 Å². The van der Waals surface area contributed by atoms with Crippen molar-refractivity contribution in [2.24, 2.45) is 5.73 Å². The summed E-state index contributed by atoms with van der Waals surface area (Å²) in [5.41, 5.74) is 7.03. The van der Waals surface area contributed by atoms with Crippen LogP contribution < -0.4 is 10.7 Å². The van der Waals surface area contributed by atoms with Crippen LogP contribution in [0, 0.1) is 0 Å². The largest absolute Gasteiger partial charge is 0.368 e. The van der Waals surface area contributed by atoms with Gasteiger partial charge in [0, 0.05) is 5.56 Å². The monoisotopic (exact) mass is 288 g/mol. The van der Waals surface area contributed by atoms with Crippen LogP contribution in [-0.2, 0) is 9.63 Å². The van der Waals surface area contributed by atoms with E-state index in [1.807, 2.05) is 24.3 Å². The van der Waals surface area contributed by atoms with Crippen LogP contribution in [0.25, 0.3) is 0 Å². The van der Waals surface area contributed by atoms with E-state index in [1.54, 1.807) is 11.1 Å². The number of hydroxylamine groups is 2. The molecule has 3 amide bonds. The molecule has 2 heterocycles. The number of carbonyl (C=O) groups is 2. The van der Waals surface area contributed by atoms with E-state index in [0.29, 0.717) is 6.54 Å². The number of hydrogen-bond acceptors (Lipinski definition) is 4. The van der Waals surface area contributed by atoms with Crippen LogP contribution in [0.3, 0.4) is 0 Å². The summed E-state index contributed by atoms with van der Waals surface area (Å²) < 4.78 is 0. The number of hydrazine groups is 1. The number of urea groups is 1. The van der Waals surface area contributed by atoms with Crippen molar-refractivity contribution in [2.45, 2.75) is 6.04 Å². The van der Waals surface area contributed by atoms with E-state index in [4.69, 9.17) is 10.6 Å². The third-order valence-corrected chi connectivity index (χ3v) is 3.54. The maximum Gasteiger partial charge on any atom is 0.363 e. The number of para-hydroxylation sites is 1. The normalized spacial score (nSPS) is 19.7. The molecule has 21 heavy (non-hydrogen) atoms. The van der Waals surface area contributed by atoms with Gasteiger partial charge < -0.3 is 5.73 Å². The maximum atomic E-state index is 12.5. The molecule has 0 spiro atoms. The van der Waals surface area contributed by atoms with Gasteiger partial charge in [-0.05, 0) is 6.07 Å². The predicted octanol–water partition coefficient (Wildman–Crippen LogP) is 0.803. The molecule has 7 nitrogen and oxygen atoms in total. The Morgan fingerprint density at radius 1 is 1.48 bits per heavy atom. The highest BCUT2D eigenvalue weighted by Crippen LogP contribution is 2.41. The van der Waals surface area contributed by atoms with Crippen LogP contribution in [-0.4, -0.2) is 41.7 Å². The Morgan fingerprint density at radius 3 is 2.95 bits per heavy atom. The lowest BCUT2D eigenvalue weighted by molar-refractivity contribution is -0.118. The van der Waals surface area contributed by atoms with Crippen LogP contribution >= 0.6 is 0 Å². The molecular formula is C14H16N4O3. The number of anilines is 1. The SMILES string of the molecule is C=CCON1C(=O)N2CC1c1ccccc1N2CC(N)=O. The smallest absolute Gasteiger partial charge is 0.363 e. The summed E-state index contributed by atoms with van der Waals surface area (Å²) in [7, 11) is 0. The van der Waals surface area contributed by atoms with Crippen LogP contribution in [0.5, 0.6) is 0 Å². The zero-order chi connectivity index (χ0) is 15.0. The predicted molar refractivity (Wildman–Crippen MR) is 75.8 cm³/mol. The molecule has 0 saturated carbocycles. The van der Waals surface area contributed by atoms with Gasteiger partial charge in [-0.25, -0.2) is 9.80 Å². The van der Waals surface area contributed by atoms with Crippen molar-refractivity contribution in [1.29, 1.82) is 0 Å². The molecule has 2 N–H and O–H groups in total. The first-order chi connectivity index (χ1) is 10.1. The van der Waals surface area contributed by atoms with Crippen LogP contribution in [0.4, 0.5) is 10.5 Å². The van der Waals surface area contributed by atoms with Gasteiger partial charge in [-0.2, -0.15) is 5.06 Å². The number of amides is 3. The Labute approximate surface area is 122 Å². The average Bonchev–Trinajstić information content (AvgIpc) is 2.75. The first-order valence-electron chi connectivity index (χ1n) is 6.62. The number of primary amides is 1. The molecule has 2 bridgehead atoms. The highest BCUT2D eigenvalue weighted by molar-refractivity contribution is 5.86. The number of benzene rings is 1. The van der Waals surface area contributed by atoms with Gasteiger partial charge in [-0.15, -0.1) is 6.58 Å². The molecule has 0 aromatic heterocycles. The molecule has 1 fully saturated rings. The van der Waals surface area contributed by atoms with Crippen LogP contribution in [0.15, 0.2) is 36.9 Å². The highest BCUT2D eigenvalue weighted by Gasteiger charge is 2.47. The summed E-state index contributed by atoms with van der Waals surface area (Å²) in [4.78, 5) is 29.2. The highest BCUT2D eigenvalue weighted by atomic mass is 16.7. The topological polar surface area (TPSA) is 79.1 Å². The molecule has 1 aromatic carbocycles. The van der Waals surface area contributed by atoms with Gasteiger partial charge in [0.05, 0.1) is 18.8 Å². The molecule has 110 valence electrons. The molecule has 3 rings (SSSR count). The molecule has 7 heteroatoms. The summed E-state index contributed by atoms with van der Waals surface area (Å²) in [6, 6.07) is 7.04. The van der Waals surface area contributed by atoms with Crippen molar-refractivity contribution >= 4 is 17.6 Å². The molecule has 0 aliphatic carbocycles. The summed E-state index contributed by atoms with van der Waals surface area (Å²) in [5, 5.41) is 4.43. The molecule has 1 unspecified atom stereocenters. The number of rotatable bonds is 5. The summed E-state index contributed by atoms with van der Waals surface area (Å²) >= 11 is 0. The summed E-state index contributed by atoms with van der Waals surface area (Å²) in [5.74, 6) is -0.499. The van der Waals surface area contributed by atoms with Crippen LogP contribution in [0.2, 0.25) is 0 Å². The molecule has 1 saturated heterocycles. The fraction of sp³-hybridized carbons (Fsp3) is 0.286. The van der Waals surface area contributed by atoms with Crippen molar-refractivity contribution in [3.63, 3.8) is 0 Å². The van der Waals surface area contributed by atoms with E-state index in [9.17, 15) is 9.59 Å². The summed E-state index contributed by atoms with van der Waals surface area (Å²) in [6.07, 6.45) is 1.58. The molecule has 2 aliphatic heterocycles. The lowest BCUT2D eigenvalue weighted by Gasteiger charge is -2.36. The Balaban J connectivity index is 2.00. The van der Waals surface area contributed by atoms with Gasteiger partial charge in [-0.3, -0.25) is 14.6 Å². The molecule has 0 radical (unpaired) electrons. The number of carbonyl (C=O) groups excluding carboxylic acids is 2. The molecule has 2 aliphatic rings. The second-order valence-electron chi connectivity index (χ2n) is 4.87. The van der Waals surface area contributed by atoms with Crippen molar-refractivity contribution in [1.82, 2.24) is 10.1 Å². The standard InChI is InChI=1S/C14H16N4O3/c1-2-7-21-18-12-8-17(14(18)20)16(9-13(15)19)11-6-4-3-5-10(11)12/h2-6,12H,1,7-9H2,(H2,15,19). The zero-order valence-corrected chi connectivity index (χ0v) is 11.4. The average molecular weight is 288 g/mol. The van der Waals surface area contributed by atoms with Crippen molar-refractivity contribution in [3.8, 4) is 0 Å². The number of fused-ring (bicyclic) bond motifs is 4. The van der Waals surface area contributed by atoms with E-state index in [-0.39, 0.29) is 25.2 Å². The van der Waals surface area contributed by atoms with E-state index < -0.39 is 5.91 Å². The number of hydrogen-bond donors (Lipinski definition) is 1. The maximum absolute atomic E-state index is 12.5. The number of nitrogens with zero attached hydrogens (tertiary/aromatic N) is 3. The van der Waals surface area contributed by atoms with Crippen LogP contribution in [0.1, 0.15) is 11.6 Å². The van der Waals surface area contributed by atoms with Crippen molar-refractivity contribution < 1.29 is 14.4 Å². The second kappa shape index (κ2) is 5.10. The first kappa shape index (κ1) is 13.4. The minimum atomic E-state index is -0.499. The van der Waals surface area contributed by atoms with Gasteiger partial charge in [-0.1, -0.05) is 24.3 Å². The molecular weight excluding hydrogens is 272 g/mol. The Morgan fingerprint density at radius 2 is 2.24 bits per heavy atom. The minimum Gasteiger partial charge on any atom is -0.368 e. The van der Waals surface area contributed by atoms with E-state index in [2.05, 4.69) is 6.58 Å². The van der Waals surface area contributed by atoms with Gasteiger partial charge >= 0.3 is 6.03 Å². The molecule has 1 atom stereocenters. The van der Waals surface area contributed by atoms with Gasteiger partial charge in [0.2, 0.25) is 5.91 Å². The Kier molecular flexibility index (Phi) is 3.26. The van der Waals surface area contributed by atoms with E-state index in [1.165, 1.54) is 10.1 Å². The lowest BCUT2D eigenvalue weighted by Crippen LogP contribution is -2.50. The zero-order valence-electron chi connectivity index (χ0n) is 11.4. The third kappa shape index (κ3) is 2.11. The van der Waals surface area contributed by atoms with Gasteiger partial charge in [0.15, 0.2) is 0 Å². The minimum absolute atomic E-state index is 0.0508. The fourth-order valence-electron chi connectivity index (χ4n) is 2.72. The third-order valence-electron chi connectivity index (χ3n) is 3.54. The van der Waals surface area contributed by atoms with Gasteiger partial charge in [0.25, 0.3) is 0 Å². The van der Waals surface area contributed by atoms with E-state index >= 15 is 0 Å². The fourth-order valence-corrected chi connectivity index (χ4v) is 2.72. The molecule has 1 aromatic rings. The first-order valence-corrected chi connectivity index (χ1v) is 6.62. The van der Waals surface area contributed by atoms with E-state index in [0.717, 1.165) is 11.3 Å². The Bertz CT molecular complexity index is 604. The second-order valence-corrected chi connectivity index (χ2v) is 4.87. The lowest BCUT2D eigenvalue weighted by atomic mass is 10.0. The van der Waals surface area contributed by atoms with Gasteiger partial charge in [0.1, 0.15) is 12.6 Å². The number of nitrogens with two attached hydrogens (primary N) is 1. The summed E-state index contributed by atoms with van der Waals surface area (Å²) in [6.45, 7) is 4.21. The van der Waals surface area contributed by atoms with Crippen molar-refractivity contribution in [2.75, 3.05) is 24.7 Å². The quantitative estimate of drug-likeness (QED) is 0.813. The Hall–Kier alpha value is -2.54.